The summed E-state index contributed by atoms with van der Waals surface area (Å²) in [4.78, 5) is 1.19. The van der Waals surface area contributed by atoms with Crippen LogP contribution in [0.3, 0.4) is 0 Å². The van der Waals surface area contributed by atoms with E-state index in [1.54, 1.807) is 11.8 Å². The van der Waals surface area contributed by atoms with Crippen LogP contribution in [0.25, 0.3) is 0 Å². The van der Waals surface area contributed by atoms with Crippen molar-refractivity contribution in [2.45, 2.75) is 24.3 Å². The molecular weight excluding hydrogens is 286 g/mol. The van der Waals surface area contributed by atoms with Crippen molar-refractivity contribution >= 4 is 27.7 Å². The van der Waals surface area contributed by atoms with E-state index < -0.39 is 0 Å². The third-order valence-electron chi connectivity index (χ3n) is 2.06. The van der Waals surface area contributed by atoms with Crippen LogP contribution in [0.5, 0.6) is 0 Å². The fourth-order valence-corrected chi connectivity index (χ4v) is 2.32. The van der Waals surface area contributed by atoms with Crippen LogP contribution < -0.4 is 5.32 Å². The number of nitrogens with one attached hydrogen (secondary N) is 1. The quantitative estimate of drug-likeness (QED) is 0.600. The van der Waals surface area contributed by atoms with E-state index in [-0.39, 0.29) is 6.10 Å². The minimum Gasteiger partial charge on any atom is -0.391 e. The van der Waals surface area contributed by atoms with Gasteiger partial charge in [0.15, 0.2) is 0 Å². The van der Waals surface area contributed by atoms with E-state index in [0.717, 1.165) is 23.2 Å². The summed E-state index contributed by atoms with van der Waals surface area (Å²) >= 11 is 5.08. The van der Waals surface area contributed by atoms with Gasteiger partial charge >= 0.3 is 0 Å². The molecule has 2 N–H and O–H groups in total. The molecule has 1 aromatic rings. The lowest BCUT2D eigenvalue weighted by Gasteiger charge is -2.10. The molecule has 4 heteroatoms. The van der Waals surface area contributed by atoms with Crippen LogP contribution in [0, 0.1) is 0 Å². The molecule has 0 saturated carbocycles. The maximum Gasteiger partial charge on any atom is 0.0758 e. The zero-order valence-corrected chi connectivity index (χ0v) is 11.9. The van der Waals surface area contributed by atoms with E-state index in [2.05, 4.69) is 40.3 Å². The van der Waals surface area contributed by atoms with Gasteiger partial charge in [-0.1, -0.05) is 22.9 Å². The highest BCUT2D eigenvalue weighted by atomic mass is 79.9. The second kappa shape index (κ2) is 8.12. The molecule has 0 bridgehead atoms. The molecule has 0 amide bonds. The number of aliphatic hydroxyl groups is 1. The topological polar surface area (TPSA) is 32.3 Å². The fourth-order valence-electron chi connectivity index (χ4n) is 1.23. The van der Waals surface area contributed by atoms with Crippen LogP contribution in [0.4, 0.5) is 0 Å². The van der Waals surface area contributed by atoms with Gasteiger partial charge in [-0.15, -0.1) is 11.8 Å². The smallest absolute Gasteiger partial charge is 0.0758 e. The van der Waals surface area contributed by atoms with Crippen LogP contribution in [0.2, 0.25) is 0 Å². The Kier molecular flexibility index (Phi) is 7.12. The number of rotatable bonds is 7. The average Bonchev–Trinajstić information content (AvgIpc) is 2.29. The highest BCUT2D eigenvalue weighted by molar-refractivity contribution is 9.10. The zero-order valence-electron chi connectivity index (χ0n) is 9.45. The molecule has 0 aliphatic carbocycles. The van der Waals surface area contributed by atoms with E-state index in [1.807, 2.05) is 12.1 Å². The normalized spacial score (nSPS) is 12.7. The van der Waals surface area contributed by atoms with Gasteiger partial charge in [-0.05, 0) is 37.2 Å². The van der Waals surface area contributed by atoms with E-state index in [1.165, 1.54) is 4.90 Å². The Morgan fingerprint density at radius 3 is 2.69 bits per heavy atom. The standard InChI is InChI=1S/C12H18BrNOS/c1-2-7-14-8-11(15)9-16-12-5-3-10(13)4-6-12/h3-6,11,14-15H,2,7-9H2,1H3. The molecule has 0 heterocycles. The summed E-state index contributed by atoms with van der Waals surface area (Å²) in [7, 11) is 0. The Labute approximate surface area is 110 Å². The van der Waals surface area contributed by atoms with Gasteiger partial charge in [-0.3, -0.25) is 0 Å². The molecule has 1 aromatic carbocycles. The lowest BCUT2D eigenvalue weighted by atomic mass is 10.4. The Bertz CT molecular complexity index is 292. The number of thioether (sulfide) groups is 1. The van der Waals surface area contributed by atoms with Crippen molar-refractivity contribution in [3.8, 4) is 0 Å². The van der Waals surface area contributed by atoms with E-state index in [4.69, 9.17) is 0 Å². The highest BCUT2D eigenvalue weighted by Crippen LogP contribution is 2.21. The molecule has 1 rings (SSSR count). The average molecular weight is 304 g/mol. The number of halogens is 1. The van der Waals surface area contributed by atoms with Gasteiger partial charge in [0, 0.05) is 21.7 Å². The van der Waals surface area contributed by atoms with Crippen molar-refractivity contribution < 1.29 is 5.11 Å². The van der Waals surface area contributed by atoms with Gasteiger partial charge < -0.3 is 10.4 Å². The Balaban J connectivity index is 2.20. The van der Waals surface area contributed by atoms with Gasteiger partial charge in [-0.2, -0.15) is 0 Å². The number of benzene rings is 1. The summed E-state index contributed by atoms with van der Waals surface area (Å²) < 4.78 is 1.09. The Hall–Kier alpha value is -0.0300. The molecule has 1 atom stereocenters. The molecule has 16 heavy (non-hydrogen) atoms. The molecular formula is C12H18BrNOS. The first kappa shape index (κ1) is 14.0. The molecule has 0 aliphatic rings. The highest BCUT2D eigenvalue weighted by Gasteiger charge is 2.04. The van der Waals surface area contributed by atoms with Crippen molar-refractivity contribution in [1.82, 2.24) is 5.32 Å². The summed E-state index contributed by atoms with van der Waals surface area (Å²) in [6.45, 7) is 3.77. The second-order valence-corrected chi connectivity index (χ2v) is 5.63. The third kappa shape index (κ3) is 5.89. The summed E-state index contributed by atoms with van der Waals surface area (Å²) in [5.41, 5.74) is 0. The Morgan fingerprint density at radius 1 is 1.38 bits per heavy atom. The van der Waals surface area contributed by atoms with Crippen LogP contribution in [0.1, 0.15) is 13.3 Å². The number of hydrogen-bond donors (Lipinski definition) is 2. The molecule has 0 spiro atoms. The molecule has 0 aliphatic heterocycles. The van der Waals surface area contributed by atoms with Crippen molar-refractivity contribution in [1.29, 1.82) is 0 Å². The summed E-state index contributed by atoms with van der Waals surface area (Å²) in [6.07, 6.45) is 0.826. The first-order valence-electron chi connectivity index (χ1n) is 5.49. The van der Waals surface area contributed by atoms with Crippen molar-refractivity contribution in [3.63, 3.8) is 0 Å². The van der Waals surface area contributed by atoms with Crippen LogP contribution in [0.15, 0.2) is 33.6 Å². The largest absolute Gasteiger partial charge is 0.391 e. The van der Waals surface area contributed by atoms with Crippen LogP contribution >= 0.6 is 27.7 Å². The van der Waals surface area contributed by atoms with Gasteiger partial charge in [-0.25, -0.2) is 0 Å². The third-order valence-corrected chi connectivity index (χ3v) is 3.75. The summed E-state index contributed by atoms with van der Waals surface area (Å²) in [6, 6.07) is 8.15. The monoisotopic (exact) mass is 303 g/mol. The SMILES string of the molecule is CCCNCC(O)CSc1ccc(Br)cc1. The van der Waals surface area contributed by atoms with Crippen LogP contribution in [-0.2, 0) is 0 Å². The maximum atomic E-state index is 9.70. The molecule has 0 fully saturated rings. The second-order valence-electron chi connectivity index (χ2n) is 3.62. The lowest BCUT2D eigenvalue weighted by Crippen LogP contribution is -2.28. The predicted molar refractivity (Wildman–Crippen MR) is 74.0 cm³/mol. The number of hydrogen-bond acceptors (Lipinski definition) is 3. The van der Waals surface area contributed by atoms with Gasteiger partial charge in [0.1, 0.15) is 0 Å². The summed E-state index contributed by atoms with van der Waals surface area (Å²) in [5.74, 6) is 0.734. The molecule has 1 unspecified atom stereocenters. The van der Waals surface area contributed by atoms with Crippen molar-refractivity contribution in [2.24, 2.45) is 0 Å². The lowest BCUT2D eigenvalue weighted by molar-refractivity contribution is 0.196. The van der Waals surface area contributed by atoms with Gasteiger partial charge in [0.25, 0.3) is 0 Å². The summed E-state index contributed by atoms with van der Waals surface area (Å²) in [5, 5.41) is 12.9. The molecule has 0 aromatic heterocycles. The maximum absolute atomic E-state index is 9.70. The number of aliphatic hydroxyl groups excluding tert-OH is 1. The minimum atomic E-state index is -0.278. The van der Waals surface area contributed by atoms with Gasteiger partial charge in [0.2, 0.25) is 0 Å². The first-order valence-corrected chi connectivity index (χ1v) is 7.27. The van der Waals surface area contributed by atoms with Crippen LogP contribution in [-0.4, -0.2) is 30.1 Å². The molecule has 0 radical (unpaired) electrons. The fraction of sp³-hybridized carbons (Fsp3) is 0.500. The van der Waals surface area contributed by atoms with Crippen molar-refractivity contribution in [2.75, 3.05) is 18.8 Å². The van der Waals surface area contributed by atoms with E-state index >= 15 is 0 Å². The van der Waals surface area contributed by atoms with Crippen molar-refractivity contribution in [3.05, 3.63) is 28.7 Å². The van der Waals surface area contributed by atoms with E-state index in [9.17, 15) is 5.11 Å². The zero-order chi connectivity index (χ0) is 11.8. The minimum absolute atomic E-state index is 0.278. The predicted octanol–water partition coefficient (Wildman–Crippen LogP) is 2.90. The molecule has 0 saturated heterocycles. The molecule has 90 valence electrons. The van der Waals surface area contributed by atoms with E-state index in [0.29, 0.717) is 6.54 Å². The molecule has 2 nitrogen and oxygen atoms in total. The Morgan fingerprint density at radius 2 is 2.06 bits per heavy atom. The first-order chi connectivity index (χ1) is 7.72. The van der Waals surface area contributed by atoms with Gasteiger partial charge in [0.05, 0.1) is 6.10 Å².